The van der Waals surface area contributed by atoms with E-state index in [4.69, 9.17) is 10.3 Å². The maximum absolute atomic E-state index is 10.6. The van der Waals surface area contributed by atoms with Crippen LogP contribution in [0.5, 0.6) is 0 Å². The van der Waals surface area contributed by atoms with Gasteiger partial charge in [0.1, 0.15) is 31.0 Å². The molecule has 0 bridgehead atoms. The molecule has 0 saturated carbocycles. The molecule has 1 aliphatic rings. The summed E-state index contributed by atoms with van der Waals surface area (Å²) in [5.41, 5.74) is 8.23. The zero-order chi connectivity index (χ0) is 13.0. The Morgan fingerprint density at radius 1 is 1.41 bits per heavy atom. The Morgan fingerprint density at radius 2 is 2.06 bits per heavy atom. The highest BCUT2D eigenvalue weighted by molar-refractivity contribution is 5.65. The monoisotopic (exact) mass is 247 g/mol. The van der Waals surface area contributed by atoms with Crippen LogP contribution in [0.4, 0.5) is 0 Å². The number of ether oxygens (including phenoxy) is 2. The van der Waals surface area contributed by atoms with Crippen LogP contribution in [-0.2, 0) is 14.3 Å². The maximum Gasteiger partial charge on any atom is 0.302 e. The quantitative estimate of drug-likeness (QED) is 0.244. The van der Waals surface area contributed by atoms with E-state index in [1.165, 1.54) is 6.92 Å². The lowest BCUT2D eigenvalue weighted by atomic mass is 9.99. The van der Waals surface area contributed by atoms with Gasteiger partial charge in [0, 0.05) is 11.8 Å². The predicted molar refractivity (Wildman–Crippen MR) is 52.5 cm³/mol. The molecule has 1 heterocycles. The van der Waals surface area contributed by atoms with E-state index in [9.17, 15) is 20.1 Å². The molecule has 1 saturated heterocycles. The molecule has 96 valence electrons. The summed E-state index contributed by atoms with van der Waals surface area (Å²) in [4.78, 5) is 13.0. The van der Waals surface area contributed by atoms with Gasteiger partial charge in [-0.15, -0.1) is 0 Å². The Labute approximate surface area is 96.2 Å². The van der Waals surface area contributed by atoms with Gasteiger partial charge in [-0.2, -0.15) is 0 Å². The van der Waals surface area contributed by atoms with E-state index in [2.05, 4.69) is 14.8 Å². The number of hydrogen-bond acceptors (Lipinski definition) is 7. The highest BCUT2D eigenvalue weighted by Gasteiger charge is 2.43. The maximum atomic E-state index is 10.6. The van der Waals surface area contributed by atoms with Crippen LogP contribution < -0.4 is 0 Å². The third-order valence-electron chi connectivity index (χ3n) is 2.30. The minimum absolute atomic E-state index is 0.308. The van der Waals surface area contributed by atoms with Crippen LogP contribution in [0.15, 0.2) is 5.11 Å². The van der Waals surface area contributed by atoms with Crippen LogP contribution in [-0.4, -0.2) is 58.5 Å². The Kier molecular flexibility index (Phi) is 4.67. The van der Waals surface area contributed by atoms with E-state index in [1.807, 2.05) is 0 Å². The molecule has 1 rings (SSSR count). The molecule has 0 aliphatic carbocycles. The van der Waals surface area contributed by atoms with Crippen LogP contribution in [0.3, 0.4) is 0 Å². The zero-order valence-electron chi connectivity index (χ0n) is 9.00. The average molecular weight is 247 g/mol. The molecule has 0 aromatic carbocycles. The zero-order valence-corrected chi connectivity index (χ0v) is 9.00. The second-order valence-corrected chi connectivity index (χ2v) is 3.54. The number of azide groups is 1. The number of esters is 1. The van der Waals surface area contributed by atoms with Crippen molar-refractivity contribution in [1.29, 1.82) is 0 Å². The summed E-state index contributed by atoms with van der Waals surface area (Å²) in [6, 6.07) is 0. The van der Waals surface area contributed by atoms with Crippen LogP contribution in [0.1, 0.15) is 6.92 Å². The minimum atomic E-state index is -1.54. The lowest BCUT2D eigenvalue weighted by Crippen LogP contribution is -2.58. The van der Waals surface area contributed by atoms with E-state index in [0.717, 1.165) is 0 Å². The molecular weight excluding hydrogens is 234 g/mol. The van der Waals surface area contributed by atoms with Crippen molar-refractivity contribution in [1.82, 2.24) is 0 Å². The molecule has 0 amide bonds. The number of carbonyl (C=O) groups excluding carboxylic acids is 1. The van der Waals surface area contributed by atoms with Crippen molar-refractivity contribution in [3.63, 3.8) is 0 Å². The second-order valence-electron chi connectivity index (χ2n) is 3.54. The first-order valence-corrected chi connectivity index (χ1v) is 4.84. The van der Waals surface area contributed by atoms with E-state index in [0.29, 0.717) is 0 Å². The number of nitrogens with zero attached hydrogens (tertiary/aromatic N) is 3. The SMILES string of the molecule is CC(=O)OCC1O[C@@H](N=[N+]=[N-])[C@@H](O)C(O)[C@H]1O. The van der Waals surface area contributed by atoms with Gasteiger partial charge in [0.05, 0.1) is 0 Å². The summed E-state index contributed by atoms with van der Waals surface area (Å²) < 4.78 is 9.62. The molecule has 1 fully saturated rings. The van der Waals surface area contributed by atoms with Gasteiger partial charge in [0.25, 0.3) is 0 Å². The number of carbonyl (C=O) groups is 1. The van der Waals surface area contributed by atoms with Crippen molar-refractivity contribution in [3.05, 3.63) is 10.4 Å². The van der Waals surface area contributed by atoms with E-state index in [-0.39, 0.29) is 6.61 Å². The van der Waals surface area contributed by atoms with Crippen molar-refractivity contribution in [2.75, 3.05) is 6.61 Å². The summed E-state index contributed by atoms with van der Waals surface area (Å²) in [5.74, 6) is -0.582. The Hall–Kier alpha value is -1.38. The first-order chi connectivity index (χ1) is 7.97. The third-order valence-corrected chi connectivity index (χ3v) is 2.30. The Balaban J connectivity index is 2.70. The largest absolute Gasteiger partial charge is 0.463 e. The van der Waals surface area contributed by atoms with Crippen LogP contribution in [0, 0.1) is 0 Å². The normalized spacial score (nSPS) is 37.1. The van der Waals surface area contributed by atoms with Gasteiger partial charge in [-0.25, -0.2) is 0 Å². The van der Waals surface area contributed by atoms with Gasteiger partial charge in [0.15, 0.2) is 6.23 Å². The number of aliphatic hydroxyl groups is 3. The molecule has 0 aromatic rings. The number of rotatable bonds is 3. The van der Waals surface area contributed by atoms with Crippen LogP contribution >= 0.6 is 0 Å². The number of aliphatic hydroxyl groups excluding tert-OH is 3. The highest BCUT2D eigenvalue weighted by Crippen LogP contribution is 2.22. The van der Waals surface area contributed by atoms with Gasteiger partial charge in [0.2, 0.25) is 0 Å². The van der Waals surface area contributed by atoms with Crippen molar-refractivity contribution in [2.24, 2.45) is 5.11 Å². The Morgan fingerprint density at radius 3 is 2.59 bits per heavy atom. The summed E-state index contributed by atoms with van der Waals surface area (Å²) in [6.07, 6.45) is -6.91. The second kappa shape index (κ2) is 5.80. The highest BCUT2D eigenvalue weighted by atomic mass is 16.6. The summed E-state index contributed by atoms with van der Waals surface area (Å²) in [6.45, 7) is 0.864. The molecule has 5 atom stereocenters. The molecule has 2 unspecified atom stereocenters. The fourth-order valence-electron chi connectivity index (χ4n) is 1.41. The van der Waals surface area contributed by atoms with E-state index >= 15 is 0 Å². The van der Waals surface area contributed by atoms with E-state index < -0.39 is 36.6 Å². The molecule has 0 radical (unpaired) electrons. The lowest BCUT2D eigenvalue weighted by Gasteiger charge is -2.38. The number of hydrogen-bond donors (Lipinski definition) is 3. The fourth-order valence-corrected chi connectivity index (χ4v) is 1.41. The smallest absolute Gasteiger partial charge is 0.302 e. The molecule has 9 heteroatoms. The fraction of sp³-hybridized carbons (Fsp3) is 0.875. The first-order valence-electron chi connectivity index (χ1n) is 4.84. The summed E-state index contributed by atoms with van der Waals surface area (Å²) in [7, 11) is 0. The Bertz CT molecular complexity index is 331. The molecule has 17 heavy (non-hydrogen) atoms. The first kappa shape index (κ1) is 13.7. The summed E-state index contributed by atoms with van der Waals surface area (Å²) >= 11 is 0. The average Bonchev–Trinajstić information content (AvgIpc) is 2.28. The van der Waals surface area contributed by atoms with Crippen LogP contribution in [0.2, 0.25) is 0 Å². The van der Waals surface area contributed by atoms with Crippen molar-refractivity contribution >= 4 is 5.97 Å². The molecular formula is C8H13N3O6. The van der Waals surface area contributed by atoms with Crippen molar-refractivity contribution in [3.8, 4) is 0 Å². The third kappa shape index (κ3) is 3.29. The van der Waals surface area contributed by atoms with Crippen molar-refractivity contribution < 1.29 is 29.6 Å². The van der Waals surface area contributed by atoms with Gasteiger partial charge in [-0.05, 0) is 5.53 Å². The van der Waals surface area contributed by atoms with Gasteiger partial charge in [-0.1, -0.05) is 5.11 Å². The van der Waals surface area contributed by atoms with Gasteiger partial charge < -0.3 is 24.8 Å². The molecule has 3 N–H and O–H groups in total. The molecule has 0 spiro atoms. The molecule has 9 nitrogen and oxygen atoms in total. The van der Waals surface area contributed by atoms with E-state index in [1.54, 1.807) is 0 Å². The molecule has 0 aromatic heterocycles. The van der Waals surface area contributed by atoms with Crippen LogP contribution in [0.25, 0.3) is 10.4 Å². The van der Waals surface area contributed by atoms with Gasteiger partial charge in [-0.3, -0.25) is 4.79 Å². The minimum Gasteiger partial charge on any atom is -0.463 e. The van der Waals surface area contributed by atoms with Crippen molar-refractivity contribution in [2.45, 2.75) is 37.6 Å². The summed E-state index contributed by atoms with van der Waals surface area (Å²) in [5, 5.41) is 31.6. The predicted octanol–water partition coefficient (Wildman–Crippen LogP) is -1.33. The lowest BCUT2D eigenvalue weighted by molar-refractivity contribution is -0.229. The topological polar surface area (TPSA) is 145 Å². The van der Waals surface area contributed by atoms with Gasteiger partial charge >= 0.3 is 5.97 Å². The molecule has 1 aliphatic heterocycles. The standard InChI is InChI=1S/C8H13N3O6/c1-3(12)16-2-4-5(13)6(14)7(15)8(17-4)10-11-9/h4-8,13-15H,2H2,1H3/t4?,5-,6?,7-,8+/m0/s1.